The summed E-state index contributed by atoms with van der Waals surface area (Å²) in [6.07, 6.45) is 2.60. The van der Waals surface area contributed by atoms with Crippen molar-refractivity contribution in [2.75, 3.05) is 13.5 Å². The number of primary amides is 1. The molecule has 31 heavy (non-hydrogen) atoms. The number of hydrogen-bond donors (Lipinski definition) is 2. The molecule has 2 aromatic heterocycles. The van der Waals surface area contributed by atoms with E-state index in [0.29, 0.717) is 28.4 Å². The van der Waals surface area contributed by atoms with Gasteiger partial charge >= 0.3 is 0 Å². The summed E-state index contributed by atoms with van der Waals surface area (Å²) in [5.41, 5.74) is 6.86. The maximum atomic E-state index is 12.6. The number of aliphatic hydroxyl groups is 1. The van der Waals surface area contributed by atoms with Crippen LogP contribution in [0.1, 0.15) is 45.4 Å². The van der Waals surface area contributed by atoms with Crippen LogP contribution in [-0.2, 0) is 23.4 Å². The van der Waals surface area contributed by atoms with Gasteiger partial charge in [0, 0.05) is 53.5 Å². The fraction of sp³-hybridized carbons (Fsp3) is 0.364. The number of carbonyl (C=O) groups excluding carboxylic acids is 2. The van der Waals surface area contributed by atoms with Gasteiger partial charge in [0.1, 0.15) is 5.69 Å². The molecule has 1 fully saturated rings. The fourth-order valence-corrected chi connectivity index (χ4v) is 4.33. The van der Waals surface area contributed by atoms with E-state index < -0.39 is 24.4 Å². The van der Waals surface area contributed by atoms with Crippen LogP contribution in [-0.4, -0.2) is 50.0 Å². The van der Waals surface area contributed by atoms with Gasteiger partial charge < -0.3 is 24.8 Å². The van der Waals surface area contributed by atoms with Crippen LogP contribution >= 0.6 is 0 Å². The Morgan fingerprint density at radius 1 is 1.29 bits per heavy atom. The lowest BCUT2D eigenvalue weighted by Crippen LogP contribution is -2.35. The number of benzene rings is 1. The number of likely N-dealkylation sites (N-methyl/N-ethyl adjacent to an activating group) is 1. The molecule has 2 aliphatic rings. The Labute approximate surface area is 182 Å². The van der Waals surface area contributed by atoms with E-state index in [1.807, 2.05) is 22.8 Å². The van der Waals surface area contributed by atoms with Crippen LogP contribution in [0.15, 0.2) is 34.9 Å². The lowest BCUT2D eigenvalue weighted by atomic mass is 9.97. The molecular formula is C22H23N5O4. The lowest BCUT2D eigenvalue weighted by Gasteiger charge is -2.16. The quantitative estimate of drug-likeness (QED) is 0.656. The van der Waals surface area contributed by atoms with E-state index in [9.17, 15) is 14.7 Å². The van der Waals surface area contributed by atoms with Crippen LogP contribution in [0.2, 0.25) is 0 Å². The third-order valence-corrected chi connectivity index (χ3v) is 5.98. The number of rotatable bonds is 4. The van der Waals surface area contributed by atoms with Crippen LogP contribution in [0, 0.1) is 0 Å². The van der Waals surface area contributed by atoms with Gasteiger partial charge in [-0.3, -0.25) is 9.59 Å². The zero-order valence-electron chi connectivity index (χ0n) is 19.7. The van der Waals surface area contributed by atoms with E-state index >= 15 is 0 Å². The molecule has 5 rings (SSSR count). The van der Waals surface area contributed by atoms with Gasteiger partial charge in [0.05, 0.1) is 5.69 Å². The monoisotopic (exact) mass is 424 g/mol. The maximum absolute atomic E-state index is 12.6. The highest BCUT2D eigenvalue weighted by Gasteiger charge is 2.48. The Balaban J connectivity index is 1.49. The summed E-state index contributed by atoms with van der Waals surface area (Å²) < 4.78 is 29.6. The molecule has 2 amide bonds. The van der Waals surface area contributed by atoms with Crippen molar-refractivity contribution in [1.82, 2.24) is 19.6 Å². The van der Waals surface area contributed by atoms with E-state index in [4.69, 9.17) is 14.4 Å². The van der Waals surface area contributed by atoms with Crippen molar-refractivity contribution in [2.24, 2.45) is 5.73 Å². The molecule has 2 aliphatic heterocycles. The Bertz CT molecular complexity index is 1300. The molecule has 1 saturated heterocycles. The van der Waals surface area contributed by atoms with Crippen LogP contribution in [0.25, 0.3) is 22.5 Å². The molecule has 0 radical (unpaired) electrons. The number of carbonyl (C=O) groups is 2. The first kappa shape index (κ1) is 16.3. The number of nitrogens with two attached hydrogens (primary N) is 1. The minimum absolute atomic E-state index is 0.111. The maximum Gasteiger partial charge on any atom is 0.284 e. The molecule has 1 unspecified atom stereocenters. The summed E-state index contributed by atoms with van der Waals surface area (Å²) in [6.45, 7) is -2.08. The lowest BCUT2D eigenvalue weighted by molar-refractivity contribution is -0.144. The molecule has 3 aromatic rings. The molecule has 3 N–H and O–H groups in total. The summed E-state index contributed by atoms with van der Waals surface area (Å²) in [5.74, 6) is -1.39. The predicted octanol–water partition coefficient (Wildman–Crippen LogP) is 1.69. The van der Waals surface area contributed by atoms with Crippen molar-refractivity contribution in [3.8, 4) is 22.5 Å². The third-order valence-electron chi connectivity index (χ3n) is 5.98. The topological polar surface area (TPSA) is 127 Å². The van der Waals surface area contributed by atoms with Crippen molar-refractivity contribution in [1.29, 1.82) is 0 Å². The first-order valence-corrected chi connectivity index (χ1v) is 10.1. The van der Waals surface area contributed by atoms with Gasteiger partial charge in [-0.15, -0.1) is 0 Å². The van der Waals surface area contributed by atoms with Crippen molar-refractivity contribution in [3.63, 3.8) is 0 Å². The van der Waals surface area contributed by atoms with Crippen molar-refractivity contribution in [3.05, 3.63) is 47.6 Å². The number of amides is 2. The molecule has 1 atom stereocenters. The molecule has 0 aliphatic carbocycles. The van der Waals surface area contributed by atoms with E-state index in [-0.39, 0.29) is 24.6 Å². The average Bonchev–Trinajstić information content (AvgIpc) is 3.50. The summed E-state index contributed by atoms with van der Waals surface area (Å²) in [6, 6.07) is 8.74. The summed E-state index contributed by atoms with van der Waals surface area (Å²) in [5, 5.41) is 14.9. The molecule has 0 saturated carbocycles. The second-order valence-corrected chi connectivity index (χ2v) is 7.93. The Hall–Kier alpha value is -3.46. The third kappa shape index (κ3) is 3.04. The standard InChI is InChI=1S/C22H23N5O4/c1-26-10-8-22(30,21(26)29)17-12-15(25-31-17)13-5-4-6-14(11-13)18-16-7-2-3-9-27(16)20(24-18)19(23)28/h4-6,11-12,30H,2-3,7-10H2,1H3,(H2,23,28)/i1D3. The number of imidazole rings is 1. The van der Waals surface area contributed by atoms with Crippen molar-refractivity contribution >= 4 is 11.8 Å². The summed E-state index contributed by atoms with van der Waals surface area (Å²) in [7, 11) is 0. The van der Waals surface area contributed by atoms with E-state index in [1.165, 1.54) is 6.07 Å². The normalized spacial score (nSPS) is 22.7. The van der Waals surface area contributed by atoms with Gasteiger partial charge in [-0.1, -0.05) is 23.4 Å². The van der Waals surface area contributed by atoms with Crippen LogP contribution < -0.4 is 5.73 Å². The minimum atomic E-state index is -2.65. The largest absolute Gasteiger partial charge is 0.373 e. The van der Waals surface area contributed by atoms with E-state index in [2.05, 4.69) is 10.1 Å². The fourth-order valence-electron chi connectivity index (χ4n) is 4.33. The highest BCUT2D eigenvalue weighted by Crippen LogP contribution is 2.36. The molecule has 160 valence electrons. The smallest absolute Gasteiger partial charge is 0.284 e. The minimum Gasteiger partial charge on any atom is -0.373 e. The van der Waals surface area contributed by atoms with Gasteiger partial charge in [-0.25, -0.2) is 4.98 Å². The van der Waals surface area contributed by atoms with E-state index in [0.717, 1.165) is 30.5 Å². The average molecular weight is 424 g/mol. The Morgan fingerprint density at radius 2 is 2.13 bits per heavy atom. The number of hydrogen-bond acceptors (Lipinski definition) is 6. The van der Waals surface area contributed by atoms with Crippen LogP contribution in [0.5, 0.6) is 0 Å². The van der Waals surface area contributed by atoms with E-state index in [1.54, 1.807) is 6.07 Å². The molecule has 0 spiro atoms. The number of fused-ring (bicyclic) bond motifs is 1. The zero-order valence-corrected chi connectivity index (χ0v) is 16.7. The molecule has 9 heteroatoms. The zero-order chi connectivity index (χ0) is 24.3. The summed E-state index contributed by atoms with van der Waals surface area (Å²) >= 11 is 0. The Kier molecular flexibility index (Phi) is 3.70. The SMILES string of the molecule is [2H]C([2H])([2H])N1CCC(O)(c2cc(-c3cccc(-c4nc(C(N)=O)n5c4CCCC5)c3)no2)C1=O. The Morgan fingerprint density at radius 3 is 2.90 bits per heavy atom. The number of nitrogens with zero attached hydrogens (tertiary/aromatic N) is 4. The highest BCUT2D eigenvalue weighted by atomic mass is 16.5. The first-order chi connectivity index (χ1) is 16.1. The molecule has 1 aromatic carbocycles. The van der Waals surface area contributed by atoms with Gasteiger partial charge in [0.15, 0.2) is 11.6 Å². The van der Waals surface area contributed by atoms with Gasteiger partial charge in [0.25, 0.3) is 11.8 Å². The van der Waals surface area contributed by atoms with Crippen LogP contribution in [0.3, 0.4) is 0 Å². The summed E-state index contributed by atoms with van der Waals surface area (Å²) in [4.78, 5) is 29.7. The second-order valence-electron chi connectivity index (χ2n) is 7.93. The highest BCUT2D eigenvalue weighted by molar-refractivity contribution is 5.91. The van der Waals surface area contributed by atoms with Gasteiger partial charge in [0.2, 0.25) is 5.60 Å². The first-order valence-electron chi connectivity index (χ1n) is 11.6. The van der Waals surface area contributed by atoms with Crippen LogP contribution in [0.4, 0.5) is 0 Å². The molecule has 9 nitrogen and oxygen atoms in total. The molecule has 0 bridgehead atoms. The molecular weight excluding hydrogens is 398 g/mol. The predicted molar refractivity (Wildman–Crippen MR) is 111 cm³/mol. The second kappa shape index (κ2) is 7.05. The van der Waals surface area contributed by atoms with Gasteiger partial charge in [-0.2, -0.15) is 0 Å². The molecule has 4 heterocycles. The van der Waals surface area contributed by atoms with Crippen molar-refractivity contribution < 1.29 is 23.3 Å². The van der Waals surface area contributed by atoms with Crippen molar-refractivity contribution in [2.45, 2.75) is 37.8 Å². The van der Waals surface area contributed by atoms with Gasteiger partial charge in [-0.05, 0) is 25.3 Å². The number of aromatic nitrogens is 3. The number of likely N-dealkylation sites (tertiary alicyclic amines) is 1.